The summed E-state index contributed by atoms with van der Waals surface area (Å²) in [6.07, 6.45) is 1.85. The molecule has 3 aromatic rings. The van der Waals surface area contributed by atoms with E-state index in [1.165, 1.54) is 12.1 Å². The van der Waals surface area contributed by atoms with Gasteiger partial charge in [0.1, 0.15) is 0 Å². The van der Waals surface area contributed by atoms with Crippen molar-refractivity contribution in [2.24, 2.45) is 0 Å². The molecule has 140 valence electrons. The van der Waals surface area contributed by atoms with Gasteiger partial charge >= 0.3 is 6.03 Å². The Hall–Kier alpha value is -3.22. The van der Waals surface area contributed by atoms with E-state index in [1.807, 2.05) is 43.5 Å². The van der Waals surface area contributed by atoms with Crippen LogP contribution in [0.5, 0.6) is 0 Å². The first kappa shape index (κ1) is 18.6. The smallest absolute Gasteiger partial charge is 0.315 e. The zero-order chi connectivity index (χ0) is 19.4. The second-order valence-electron chi connectivity index (χ2n) is 6.21. The molecule has 27 heavy (non-hydrogen) atoms. The number of aromatic nitrogens is 2. The van der Waals surface area contributed by atoms with Crippen LogP contribution in [0.4, 0.5) is 13.6 Å². The Labute approximate surface area is 156 Å². The van der Waals surface area contributed by atoms with E-state index >= 15 is 0 Å². The maximum Gasteiger partial charge on any atom is 0.315 e. The van der Waals surface area contributed by atoms with Crippen LogP contribution in [0.1, 0.15) is 29.8 Å². The average molecular weight is 370 g/mol. The van der Waals surface area contributed by atoms with Crippen molar-refractivity contribution in [1.29, 1.82) is 0 Å². The summed E-state index contributed by atoms with van der Waals surface area (Å²) < 4.78 is 28.9. The molecule has 2 aromatic carbocycles. The van der Waals surface area contributed by atoms with Crippen LogP contribution in [0.3, 0.4) is 0 Å². The molecule has 0 saturated carbocycles. The van der Waals surface area contributed by atoms with E-state index in [0.717, 1.165) is 23.0 Å². The van der Waals surface area contributed by atoms with Gasteiger partial charge < -0.3 is 10.6 Å². The maximum atomic E-state index is 13.8. The van der Waals surface area contributed by atoms with Gasteiger partial charge in [-0.05, 0) is 32.0 Å². The van der Waals surface area contributed by atoms with Gasteiger partial charge in [-0.2, -0.15) is 5.10 Å². The fourth-order valence-corrected chi connectivity index (χ4v) is 2.74. The summed E-state index contributed by atoms with van der Waals surface area (Å²) in [5, 5.41) is 9.77. The van der Waals surface area contributed by atoms with Gasteiger partial charge in [0.05, 0.1) is 17.4 Å². The van der Waals surface area contributed by atoms with Crippen LogP contribution in [0.15, 0.2) is 54.7 Å². The number of carbonyl (C=O) groups excluding carboxylic acids is 1. The topological polar surface area (TPSA) is 59.0 Å². The number of para-hydroxylation sites is 1. The second kappa shape index (κ2) is 7.99. The lowest BCUT2D eigenvalue weighted by Gasteiger charge is -2.15. The molecule has 7 heteroatoms. The van der Waals surface area contributed by atoms with Crippen LogP contribution in [-0.2, 0) is 6.54 Å². The number of rotatable bonds is 5. The largest absolute Gasteiger partial charge is 0.334 e. The normalized spacial score (nSPS) is 11.9. The first-order valence-electron chi connectivity index (χ1n) is 8.54. The molecule has 3 rings (SSSR count). The molecule has 1 atom stereocenters. The maximum absolute atomic E-state index is 13.8. The average Bonchev–Trinajstić information content (AvgIpc) is 3.03. The molecule has 1 aromatic heterocycles. The van der Waals surface area contributed by atoms with Crippen molar-refractivity contribution in [1.82, 2.24) is 20.4 Å². The third-order valence-corrected chi connectivity index (χ3v) is 4.26. The molecule has 0 bridgehead atoms. The van der Waals surface area contributed by atoms with Crippen LogP contribution in [0.2, 0.25) is 0 Å². The zero-order valence-corrected chi connectivity index (χ0v) is 15.0. The van der Waals surface area contributed by atoms with E-state index < -0.39 is 23.7 Å². The molecule has 0 fully saturated rings. The van der Waals surface area contributed by atoms with Crippen molar-refractivity contribution < 1.29 is 13.6 Å². The number of aryl methyl sites for hydroxylation is 1. The summed E-state index contributed by atoms with van der Waals surface area (Å²) >= 11 is 0. The fourth-order valence-electron chi connectivity index (χ4n) is 2.74. The van der Waals surface area contributed by atoms with Crippen molar-refractivity contribution >= 4 is 6.03 Å². The number of urea groups is 1. The van der Waals surface area contributed by atoms with Gasteiger partial charge in [0.15, 0.2) is 11.6 Å². The Morgan fingerprint density at radius 3 is 2.63 bits per heavy atom. The van der Waals surface area contributed by atoms with E-state index in [9.17, 15) is 13.6 Å². The lowest BCUT2D eigenvalue weighted by atomic mass is 10.1. The van der Waals surface area contributed by atoms with E-state index in [4.69, 9.17) is 0 Å². The lowest BCUT2D eigenvalue weighted by Crippen LogP contribution is -2.37. The standard InChI is InChI=1S/C20H20F2N4O/c1-13-15(12-26(25-13)16-7-4-3-5-8-16)11-23-20(27)24-14(2)17-9-6-10-18(21)19(17)22/h3-10,12,14H,11H2,1-2H3,(H2,23,24,27). The first-order valence-corrected chi connectivity index (χ1v) is 8.54. The fraction of sp³-hybridized carbons (Fsp3) is 0.200. The molecule has 0 spiro atoms. The van der Waals surface area contributed by atoms with Crippen molar-refractivity contribution in [3.63, 3.8) is 0 Å². The molecule has 1 unspecified atom stereocenters. The Balaban J connectivity index is 1.61. The summed E-state index contributed by atoms with van der Waals surface area (Å²) in [7, 11) is 0. The molecule has 5 nitrogen and oxygen atoms in total. The molecular formula is C20H20F2N4O. The Kier molecular flexibility index (Phi) is 5.49. The second-order valence-corrected chi connectivity index (χ2v) is 6.21. The minimum Gasteiger partial charge on any atom is -0.334 e. The highest BCUT2D eigenvalue weighted by Gasteiger charge is 2.16. The van der Waals surface area contributed by atoms with Crippen LogP contribution in [0.25, 0.3) is 5.69 Å². The Bertz CT molecular complexity index is 940. The SMILES string of the molecule is Cc1nn(-c2ccccc2)cc1CNC(=O)NC(C)c1cccc(F)c1F. The molecule has 2 amide bonds. The molecule has 0 aliphatic heterocycles. The van der Waals surface area contributed by atoms with Gasteiger partial charge in [-0.15, -0.1) is 0 Å². The number of hydrogen-bond acceptors (Lipinski definition) is 2. The molecule has 0 radical (unpaired) electrons. The van der Waals surface area contributed by atoms with Gasteiger partial charge in [0, 0.05) is 23.9 Å². The van der Waals surface area contributed by atoms with Crippen molar-refractivity contribution in [3.05, 3.63) is 83.2 Å². The number of halogens is 2. The zero-order valence-electron chi connectivity index (χ0n) is 15.0. The monoisotopic (exact) mass is 370 g/mol. The first-order chi connectivity index (χ1) is 13.0. The number of hydrogen-bond donors (Lipinski definition) is 2. The quantitative estimate of drug-likeness (QED) is 0.713. The molecule has 0 saturated heterocycles. The molecular weight excluding hydrogens is 350 g/mol. The number of amides is 2. The van der Waals surface area contributed by atoms with Gasteiger partial charge in [-0.25, -0.2) is 18.3 Å². The predicted octanol–water partition coefficient (Wildman–Crippen LogP) is 4.02. The summed E-state index contributed by atoms with van der Waals surface area (Å²) in [5.74, 6) is -1.89. The summed E-state index contributed by atoms with van der Waals surface area (Å²) in [4.78, 5) is 12.1. The van der Waals surface area contributed by atoms with E-state index in [2.05, 4.69) is 15.7 Å². The highest BCUT2D eigenvalue weighted by molar-refractivity contribution is 5.74. The van der Waals surface area contributed by atoms with E-state index in [1.54, 1.807) is 11.6 Å². The summed E-state index contributed by atoms with van der Waals surface area (Å²) in [6.45, 7) is 3.72. The minimum absolute atomic E-state index is 0.0956. The van der Waals surface area contributed by atoms with Gasteiger partial charge in [0.2, 0.25) is 0 Å². The molecule has 2 N–H and O–H groups in total. The number of nitrogens with zero attached hydrogens (tertiary/aromatic N) is 2. The van der Waals surface area contributed by atoms with Gasteiger partial charge in [0.25, 0.3) is 0 Å². The summed E-state index contributed by atoms with van der Waals surface area (Å²) in [6, 6.07) is 12.4. The Morgan fingerprint density at radius 1 is 1.15 bits per heavy atom. The van der Waals surface area contributed by atoms with Crippen LogP contribution >= 0.6 is 0 Å². The highest BCUT2D eigenvalue weighted by Crippen LogP contribution is 2.18. The van der Waals surface area contributed by atoms with Gasteiger partial charge in [-0.3, -0.25) is 0 Å². The van der Waals surface area contributed by atoms with Crippen molar-refractivity contribution in [2.75, 3.05) is 0 Å². The number of carbonyl (C=O) groups is 1. The molecule has 0 aliphatic rings. The van der Waals surface area contributed by atoms with Gasteiger partial charge in [-0.1, -0.05) is 30.3 Å². The van der Waals surface area contributed by atoms with Crippen molar-refractivity contribution in [2.45, 2.75) is 26.4 Å². The van der Waals surface area contributed by atoms with Crippen LogP contribution in [0, 0.1) is 18.6 Å². The minimum atomic E-state index is -0.953. The predicted molar refractivity (Wildman–Crippen MR) is 98.4 cm³/mol. The van der Waals surface area contributed by atoms with Crippen LogP contribution in [-0.4, -0.2) is 15.8 Å². The number of nitrogens with one attached hydrogen (secondary N) is 2. The summed E-state index contributed by atoms with van der Waals surface area (Å²) in [5.41, 5.74) is 2.67. The Morgan fingerprint density at radius 2 is 1.89 bits per heavy atom. The van der Waals surface area contributed by atoms with E-state index in [0.29, 0.717) is 0 Å². The molecule has 0 aliphatic carbocycles. The van der Waals surface area contributed by atoms with Crippen molar-refractivity contribution in [3.8, 4) is 5.69 Å². The highest BCUT2D eigenvalue weighted by atomic mass is 19.2. The van der Waals surface area contributed by atoms with E-state index in [-0.39, 0.29) is 12.1 Å². The molecule has 1 heterocycles. The van der Waals surface area contributed by atoms with Crippen LogP contribution < -0.4 is 10.6 Å². The number of benzene rings is 2. The third kappa shape index (κ3) is 4.31. The lowest BCUT2D eigenvalue weighted by molar-refractivity contribution is 0.237. The third-order valence-electron chi connectivity index (χ3n) is 4.26.